The molecule has 1 aromatic rings. The van der Waals surface area contributed by atoms with Crippen LogP contribution in [-0.4, -0.2) is 4.57 Å². The second-order valence-electron chi connectivity index (χ2n) is 10.9. The molecule has 0 atom stereocenters. The van der Waals surface area contributed by atoms with Crippen LogP contribution in [-0.2, 0) is 19.5 Å². The van der Waals surface area contributed by atoms with Crippen LogP contribution in [0.3, 0.4) is 0 Å². The first kappa shape index (κ1) is 31.2. The Morgan fingerprint density at radius 2 is 0.912 bits per heavy atom. The van der Waals surface area contributed by atoms with Gasteiger partial charge in [0.2, 0.25) is 0 Å². The summed E-state index contributed by atoms with van der Waals surface area (Å²) < 4.78 is 5.20. The number of hydrogen-bond acceptors (Lipinski definition) is 0. The van der Waals surface area contributed by atoms with Crippen molar-refractivity contribution < 1.29 is 4.57 Å². The third kappa shape index (κ3) is 16.8. The molecule has 34 heavy (non-hydrogen) atoms. The maximum absolute atomic E-state index is 2.60. The van der Waals surface area contributed by atoms with Crippen molar-refractivity contribution in [1.82, 2.24) is 4.57 Å². The molecule has 0 saturated carbocycles. The minimum absolute atomic E-state index is 1.22. The molecule has 0 radical (unpaired) electrons. The zero-order valence-electron chi connectivity index (χ0n) is 23.9. The summed E-state index contributed by atoms with van der Waals surface area (Å²) in [5.41, 5.74) is 0. The summed E-state index contributed by atoms with van der Waals surface area (Å²) >= 11 is 0. The largest absolute Gasteiger partial charge is 0.256 e. The van der Waals surface area contributed by atoms with E-state index >= 15 is 0 Å². The number of imidazole rings is 1. The van der Waals surface area contributed by atoms with Gasteiger partial charge in [0.1, 0.15) is 12.4 Å². The summed E-state index contributed by atoms with van der Waals surface area (Å²) in [6.07, 6.45) is 38.5. The van der Waals surface area contributed by atoms with Crippen molar-refractivity contribution >= 4 is 0 Å². The Kier molecular flexibility index (Phi) is 22.0. The topological polar surface area (TPSA) is 8.81 Å². The third-order valence-electron chi connectivity index (χ3n) is 7.60. The minimum atomic E-state index is 1.22. The summed E-state index contributed by atoms with van der Waals surface area (Å²) in [6, 6.07) is 0. The van der Waals surface area contributed by atoms with Gasteiger partial charge < -0.3 is 0 Å². The van der Waals surface area contributed by atoms with Gasteiger partial charge in [-0.3, -0.25) is 0 Å². The molecular formula is C32H63N2+. The molecule has 0 unspecified atom stereocenters. The molecule has 1 rings (SSSR count). The molecule has 0 N–H and O–H groups in total. The molecule has 2 heteroatoms. The SMILES string of the molecule is CCCCCCCCCCCCCCc1n(CCCCCCC)cc[n+]1CCCCCCCC. The van der Waals surface area contributed by atoms with E-state index in [2.05, 4.69) is 42.3 Å². The van der Waals surface area contributed by atoms with Gasteiger partial charge in [-0.15, -0.1) is 0 Å². The zero-order valence-corrected chi connectivity index (χ0v) is 23.9. The summed E-state index contributed by atoms with van der Waals surface area (Å²) in [7, 11) is 0. The van der Waals surface area contributed by atoms with Crippen molar-refractivity contribution in [3.63, 3.8) is 0 Å². The Hall–Kier alpha value is -0.790. The Labute approximate surface area is 215 Å². The van der Waals surface area contributed by atoms with Crippen LogP contribution in [0.5, 0.6) is 0 Å². The monoisotopic (exact) mass is 475 g/mol. The fourth-order valence-electron chi connectivity index (χ4n) is 5.26. The molecule has 0 aliphatic heterocycles. The predicted molar refractivity (Wildman–Crippen MR) is 152 cm³/mol. The first-order valence-corrected chi connectivity index (χ1v) is 15.9. The van der Waals surface area contributed by atoms with Crippen molar-refractivity contribution in [1.29, 1.82) is 0 Å². The number of aromatic nitrogens is 2. The number of hydrogen-bond donors (Lipinski definition) is 0. The van der Waals surface area contributed by atoms with Gasteiger partial charge in [0, 0.05) is 6.42 Å². The molecule has 200 valence electrons. The van der Waals surface area contributed by atoms with Gasteiger partial charge in [0.05, 0.1) is 13.1 Å². The van der Waals surface area contributed by atoms with Gasteiger partial charge in [0.15, 0.2) is 0 Å². The number of rotatable bonds is 26. The molecule has 0 saturated heterocycles. The molecule has 0 spiro atoms. The minimum Gasteiger partial charge on any atom is -0.234 e. The van der Waals surface area contributed by atoms with Crippen molar-refractivity contribution in [3.8, 4) is 0 Å². The maximum atomic E-state index is 2.60. The highest BCUT2D eigenvalue weighted by Gasteiger charge is 2.16. The van der Waals surface area contributed by atoms with Gasteiger partial charge >= 0.3 is 0 Å². The van der Waals surface area contributed by atoms with Crippen molar-refractivity contribution in [3.05, 3.63) is 18.2 Å². The zero-order chi connectivity index (χ0) is 24.5. The van der Waals surface area contributed by atoms with Crippen LogP contribution in [0.2, 0.25) is 0 Å². The van der Waals surface area contributed by atoms with Crippen LogP contribution in [0.1, 0.15) is 174 Å². The van der Waals surface area contributed by atoms with E-state index in [0.717, 1.165) is 0 Å². The summed E-state index contributed by atoms with van der Waals surface area (Å²) in [6.45, 7) is 9.37. The fraction of sp³-hybridized carbons (Fsp3) is 0.906. The molecule has 0 aliphatic carbocycles. The van der Waals surface area contributed by atoms with E-state index in [1.807, 2.05) is 0 Å². The quantitative estimate of drug-likeness (QED) is 0.0930. The molecule has 0 aliphatic rings. The van der Waals surface area contributed by atoms with Crippen LogP contribution >= 0.6 is 0 Å². The average molecular weight is 476 g/mol. The van der Waals surface area contributed by atoms with E-state index in [-0.39, 0.29) is 0 Å². The van der Waals surface area contributed by atoms with Crippen LogP contribution in [0.25, 0.3) is 0 Å². The molecule has 0 amide bonds. The first-order chi connectivity index (χ1) is 16.8. The third-order valence-corrected chi connectivity index (χ3v) is 7.60. The fourth-order valence-corrected chi connectivity index (χ4v) is 5.26. The number of unbranched alkanes of at least 4 members (excludes halogenated alkanes) is 20. The van der Waals surface area contributed by atoms with E-state index < -0.39 is 0 Å². The van der Waals surface area contributed by atoms with Gasteiger partial charge in [-0.2, -0.15) is 0 Å². The van der Waals surface area contributed by atoms with E-state index in [9.17, 15) is 0 Å². The lowest BCUT2D eigenvalue weighted by Gasteiger charge is -2.07. The van der Waals surface area contributed by atoms with Crippen LogP contribution in [0, 0.1) is 0 Å². The van der Waals surface area contributed by atoms with Crippen LogP contribution in [0.15, 0.2) is 12.4 Å². The average Bonchev–Trinajstić information content (AvgIpc) is 3.23. The Bertz CT molecular complexity index is 533. The number of aryl methyl sites for hydroxylation is 2. The predicted octanol–water partition coefficient (Wildman–Crippen LogP) is 10.4. The van der Waals surface area contributed by atoms with Crippen molar-refractivity contribution in [2.45, 2.75) is 188 Å². The van der Waals surface area contributed by atoms with Crippen molar-refractivity contribution in [2.75, 3.05) is 0 Å². The van der Waals surface area contributed by atoms with Crippen molar-refractivity contribution in [2.24, 2.45) is 0 Å². The first-order valence-electron chi connectivity index (χ1n) is 15.9. The van der Waals surface area contributed by atoms with Gasteiger partial charge in [0.25, 0.3) is 5.82 Å². The van der Waals surface area contributed by atoms with E-state index in [4.69, 9.17) is 0 Å². The van der Waals surface area contributed by atoms with Gasteiger partial charge in [-0.05, 0) is 32.1 Å². The Morgan fingerprint density at radius 3 is 1.41 bits per heavy atom. The molecule has 1 heterocycles. The Morgan fingerprint density at radius 1 is 0.500 bits per heavy atom. The lowest BCUT2D eigenvalue weighted by Crippen LogP contribution is -2.37. The molecule has 0 fully saturated rings. The lowest BCUT2D eigenvalue weighted by atomic mass is 10.0. The van der Waals surface area contributed by atoms with Gasteiger partial charge in [-0.25, -0.2) is 9.13 Å². The van der Waals surface area contributed by atoms with Crippen LogP contribution < -0.4 is 4.57 Å². The molecular weight excluding hydrogens is 412 g/mol. The summed E-state index contributed by atoms with van der Waals surface area (Å²) in [5, 5.41) is 0. The van der Waals surface area contributed by atoms with E-state index in [0.29, 0.717) is 0 Å². The summed E-state index contributed by atoms with van der Waals surface area (Å²) in [4.78, 5) is 0. The second-order valence-corrected chi connectivity index (χ2v) is 10.9. The summed E-state index contributed by atoms with van der Waals surface area (Å²) in [5.74, 6) is 1.61. The number of nitrogens with zero attached hydrogens (tertiary/aromatic N) is 2. The Balaban J connectivity index is 2.29. The van der Waals surface area contributed by atoms with E-state index in [1.54, 1.807) is 5.82 Å². The highest BCUT2D eigenvalue weighted by atomic mass is 15.1. The second kappa shape index (κ2) is 23.9. The molecule has 1 aromatic heterocycles. The molecule has 2 nitrogen and oxygen atoms in total. The van der Waals surface area contributed by atoms with Crippen LogP contribution in [0.4, 0.5) is 0 Å². The van der Waals surface area contributed by atoms with E-state index in [1.165, 1.54) is 167 Å². The highest BCUT2D eigenvalue weighted by molar-refractivity contribution is 4.84. The standard InChI is InChI=1S/C32H63N2/c1-4-7-10-13-15-16-17-18-19-20-21-24-27-32-33(28-25-22-12-9-6-3)30-31-34(32)29-26-23-14-11-8-5-2/h30-31H,4-29H2,1-3H3/q+1. The highest BCUT2D eigenvalue weighted by Crippen LogP contribution is 2.14. The van der Waals surface area contributed by atoms with Gasteiger partial charge in [-0.1, -0.05) is 136 Å². The normalized spacial score (nSPS) is 11.5. The molecule has 0 bridgehead atoms. The molecule has 0 aromatic carbocycles. The lowest BCUT2D eigenvalue weighted by molar-refractivity contribution is -0.704. The smallest absolute Gasteiger partial charge is 0.234 e. The maximum Gasteiger partial charge on any atom is 0.256 e.